The standard InChI is InChI=1S/C19H40N4O3.HI/c1-4-20-19(21-9-5-11-23(2)12-16-24-3)22-10-6-13-26-17-18-7-14-25-15-8-18;/h18H,4-17H2,1-3H3,(H2,20,21,22);1H. The number of halogens is 1. The van der Waals surface area contributed by atoms with E-state index in [9.17, 15) is 0 Å². The molecule has 0 aromatic rings. The molecule has 7 nitrogen and oxygen atoms in total. The van der Waals surface area contributed by atoms with Gasteiger partial charge in [0.15, 0.2) is 5.96 Å². The summed E-state index contributed by atoms with van der Waals surface area (Å²) in [5.41, 5.74) is 0. The van der Waals surface area contributed by atoms with Crippen molar-refractivity contribution in [2.45, 2.75) is 32.6 Å². The van der Waals surface area contributed by atoms with Crippen molar-refractivity contribution in [2.24, 2.45) is 10.9 Å². The molecule has 0 atom stereocenters. The lowest BCUT2D eigenvalue weighted by molar-refractivity contribution is 0.0205. The van der Waals surface area contributed by atoms with Crippen LogP contribution in [0.5, 0.6) is 0 Å². The van der Waals surface area contributed by atoms with Crippen LogP contribution in [0.1, 0.15) is 32.6 Å². The molecule has 0 saturated carbocycles. The molecule has 162 valence electrons. The van der Waals surface area contributed by atoms with E-state index in [1.807, 2.05) is 0 Å². The minimum atomic E-state index is 0. The Labute approximate surface area is 183 Å². The molecule has 1 heterocycles. The molecular weight excluding hydrogens is 459 g/mol. The second kappa shape index (κ2) is 19.2. The normalized spacial score (nSPS) is 15.6. The Hall–Kier alpha value is -0.160. The average Bonchev–Trinajstić information content (AvgIpc) is 2.66. The molecule has 0 aliphatic carbocycles. The zero-order valence-corrected chi connectivity index (χ0v) is 19.8. The Morgan fingerprint density at radius 3 is 2.63 bits per heavy atom. The van der Waals surface area contributed by atoms with Crippen LogP contribution < -0.4 is 10.6 Å². The monoisotopic (exact) mass is 500 g/mol. The van der Waals surface area contributed by atoms with Gasteiger partial charge in [-0.05, 0) is 52.1 Å². The van der Waals surface area contributed by atoms with Crippen molar-refractivity contribution in [3.8, 4) is 0 Å². The molecule has 0 spiro atoms. The Kier molecular flexibility index (Phi) is 19.1. The zero-order valence-electron chi connectivity index (χ0n) is 17.5. The van der Waals surface area contributed by atoms with Crippen molar-refractivity contribution >= 4 is 29.9 Å². The van der Waals surface area contributed by atoms with E-state index in [0.29, 0.717) is 5.92 Å². The van der Waals surface area contributed by atoms with E-state index in [0.717, 1.165) is 97.4 Å². The van der Waals surface area contributed by atoms with E-state index in [1.54, 1.807) is 7.11 Å². The van der Waals surface area contributed by atoms with Crippen molar-refractivity contribution in [3.63, 3.8) is 0 Å². The average molecular weight is 500 g/mol. The largest absolute Gasteiger partial charge is 0.383 e. The summed E-state index contributed by atoms with van der Waals surface area (Å²) < 4.78 is 16.3. The number of hydrogen-bond donors (Lipinski definition) is 2. The number of hydrogen-bond acceptors (Lipinski definition) is 5. The predicted molar refractivity (Wildman–Crippen MR) is 122 cm³/mol. The van der Waals surface area contributed by atoms with Crippen LogP contribution in [0.4, 0.5) is 0 Å². The number of guanidine groups is 1. The van der Waals surface area contributed by atoms with Gasteiger partial charge in [0.25, 0.3) is 0 Å². The molecule has 0 bridgehead atoms. The van der Waals surface area contributed by atoms with Crippen molar-refractivity contribution < 1.29 is 14.2 Å². The van der Waals surface area contributed by atoms with E-state index in [1.165, 1.54) is 0 Å². The first-order valence-corrected chi connectivity index (χ1v) is 10.1. The van der Waals surface area contributed by atoms with E-state index in [2.05, 4.69) is 34.5 Å². The molecule has 0 aromatic carbocycles. The van der Waals surface area contributed by atoms with Gasteiger partial charge in [0.05, 0.1) is 6.61 Å². The third-order valence-corrected chi connectivity index (χ3v) is 4.44. The highest BCUT2D eigenvalue weighted by atomic mass is 127. The predicted octanol–water partition coefficient (Wildman–Crippen LogP) is 1.96. The fourth-order valence-corrected chi connectivity index (χ4v) is 2.78. The first-order valence-electron chi connectivity index (χ1n) is 10.1. The number of rotatable bonds is 14. The maximum atomic E-state index is 5.79. The Balaban J connectivity index is 0.00000676. The highest BCUT2D eigenvalue weighted by molar-refractivity contribution is 14.0. The van der Waals surface area contributed by atoms with Gasteiger partial charge in [0.1, 0.15) is 0 Å². The SMILES string of the molecule is CCNC(=NCCCOCC1CCOCC1)NCCCN(C)CCOC.I. The van der Waals surface area contributed by atoms with Gasteiger partial charge in [0.2, 0.25) is 0 Å². The molecule has 2 N–H and O–H groups in total. The molecule has 8 heteroatoms. The molecule has 0 radical (unpaired) electrons. The third kappa shape index (κ3) is 15.4. The fraction of sp³-hybridized carbons (Fsp3) is 0.947. The molecule has 1 rings (SSSR count). The van der Waals surface area contributed by atoms with Crippen LogP contribution in [0.25, 0.3) is 0 Å². The van der Waals surface area contributed by atoms with E-state index in [4.69, 9.17) is 14.2 Å². The highest BCUT2D eigenvalue weighted by Gasteiger charge is 2.13. The second-order valence-electron chi connectivity index (χ2n) is 6.82. The summed E-state index contributed by atoms with van der Waals surface area (Å²) in [6, 6.07) is 0. The van der Waals surface area contributed by atoms with Crippen LogP contribution in [0.2, 0.25) is 0 Å². The van der Waals surface area contributed by atoms with E-state index in [-0.39, 0.29) is 24.0 Å². The minimum Gasteiger partial charge on any atom is -0.383 e. The lowest BCUT2D eigenvalue weighted by Gasteiger charge is -2.21. The van der Waals surface area contributed by atoms with Crippen LogP contribution in [-0.4, -0.2) is 90.8 Å². The van der Waals surface area contributed by atoms with Gasteiger partial charge in [-0.1, -0.05) is 0 Å². The van der Waals surface area contributed by atoms with E-state index < -0.39 is 0 Å². The number of methoxy groups -OCH3 is 1. The summed E-state index contributed by atoms with van der Waals surface area (Å²) in [6.45, 7) is 10.9. The van der Waals surface area contributed by atoms with Gasteiger partial charge in [-0.3, -0.25) is 4.99 Å². The smallest absolute Gasteiger partial charge is 0.191 e. The number of nitrogens with zero attached hydrogens (tertiary/aromatic N) is 2. The van der Waals surface area contributed by atoms with Crippen molar-refractivity contribution in [1.82, 2.24) is 15.5 Å². The van der Waals surface area contributed by atoms with Gasteiger partial charge < -0.3 is 29.7 Å². The summed E-state index contributed by atoms with van der Waals surface area (Å²) >= 11 is 0. The quantitative estimate of drug-likeness (QED) is 0.165. The van der Waals surface area contributed by atoms with Gasteiger partial charge in [-0.15, -0.1) is 24.0 Å². The molecule has 1 saturated heterocycles. The van der Waals surface area contributed by atoms with Crippen molar-refractivity contribution in [1.29, 1.82) is 0 Å². The Bertz CT molecular complexity index is 356. The first kappa shape index (κ1) is 26.8. The van der Waals surface area contributed by atoms with Gasteiger partial charge >= 0.3 is 0 Å². The summed E-state index contributed by atoms with van der Waals surface area (Å²) in [6.07, 6.45) is 4.30. The maximum Gasteiger partial charge on any atom is 0.191 e. The fourth-order valence-electron chi connectivity index (χ4n) is 2.78. The molecule has 1 aliphatic heterocycles. The summed E-state index contributed by atoms with van der Waals surface area (Å²) in [7, 11) is 3.86. The maximum absolute atomic E-state index is 5.79. The molecule has 0 aromatic heterocycles. The van der Waals surface area contributed by atoms with Crippen LogP contribution in [0, 0.1) is 5.92 Å². The Morgan fingerprint density at radius 2 is 1.93 bits per heavy atom. The minimum absolute atomic E-state index is 0. The number of aliphatic imine (C=N–C) groups is 1. The van der Waals surface area contributed by atoms with Crippen molar-refractivity contribution in [2.75, 3.05) is 79.9 Å². The molecule has 0 unspecified atom stereocenters. The van der Waals surface area contributed by atoms with Crippen LogP contribution in [-0.2, 0) is 14.2 Å². The molecule has 1 aliphatic rings. The zero-order chi connectivity index (χ0) is 18.9. The number of nitrogens with one attached hydrogen (secondary N) is 2. The lowest BCUT2D eigenvalue weighted by atomic mass is 10.0. The van der Waals surface area contributed by atoms with Crippen LogP contribution in [0.15, 0.2) is 4.99 Å². The van der Waals surface area contributed by atoms with Gasteiger partial charge in [-0.2, -0.15) is 0 Å². The van der Waals surface area contributed by atoms with Crippen molar-refractivity contribution in [3.05, 3.63) is 0 Å². The van der Waals surface area contributed by atoms with Gasteiger partial charge in [-0.25, -0.2) is 0 Å². The highest BCUT2D eigenvalue weighted by Crippen LogP contribution is 2.14. The molecule has 27 heavy (non-hydrogen) atoms. The Morgan fingerprint density at radius 1 is 1.15 bits per heavy atom. The van der Waals surface area contributed by atoms with Crippen LogP contribution >= 0.6 is 24.0 Å². The van der Waals surface area contributed by atoms with Gasteiger partial charge in [0, 0.05) is 59.7 Å². The lowest BCUT2D eigenvalue weighted by Crippen LogP contribution is -2.38. The summed E-state index contributed by atoms with van der Waals surface area (Å²) in [5.74, 6) is 1.57. The van der Waals surface area contributed by atoms with E-state index >= 15 is 0 Å². The summed E-state index contributed by atoms with van der Waals surface area (Å²) in [4.78, 5) is 6.91. The van der Waals surface area contributed by atoms with Crippen LogP contribution in [0.3, 0.4) is 0 Å². The molecular formula is C19H41IN4O3. The molecule has 1 fully saturated rings. The first-order chi connectivity index (χ1) is 12.8. The number of likely N-dealkylation sites (N-methyl/N-ethyl adjacent to an activating group) is 1. The molecule has 0 amide bonds. The third-order valence-electron chi connectivity index (χ3n) is 4.44. The topological polar surface area (TPSA) is 67.4 Å². The number of ether oxygens (including phenoxy) is 3. The summed E-state index contributed by atoms with van der Waals surface area (Å²) in [5, 5.41) is 6.70. The second-order valence-corrected chi connectivity index (χ2v) is 6.82.